The summed E-state index contributed by atoms with van der Waals surface area (Å²) in [5.74, 6) is 3.88. The monoisotopic (exact) mass is 756 g/mol. The first-order valence-corrected chi connectivity index (χ1v) is 18.8. The van der Waals surface area contributed by atoms with Crippen LogP contribution in [0, 0.1) is 0 Å². The second-order valence-corrected chi connectivity index (χ2v) is 13.8. The Labute approximate surface area is 317 Å². The smallest absolute Gasteiger partial charge is 0.257 e. The second kappa shape index (κ2) is 15.5. The number of aromatic nitrogens is 6. The maximum absolute atomic E-state index is 6.40. The number of oxazole rings is 2. The molecule has 4 heterocycles. The van der Waals surface area contributed by atoms with Crippen LogP contribution in [0.5, 0.6) is 11.5 Å². The number of nitrogens with zero attached hydrogens (tertiary/aromatic N) is 6. The summed E-state index contributed by atoms with van der Waals surface area (Å²) < 4.78 is 35.2. The van der Waals surface area contributed by atoms with Gasteiger partial charge in [-0.1, -0.05) is 47.8 Å². The third-order valence-electron chi connectivity index (χ3n) is 8.34. The molecule has 4 aromatic heterocycles. The number of hydrogen-bond donors (Lipinski definition) is 0. The van der Waals surface area contributed by atoms with E-state index in [-0.39, 0.29) is 0 Å². The summed E-state index contributed by atoms with van der Waals surface area (Å²) in [5.41, 5.74) is 8.09. The lowest BCUT2D eigenvalue weighted by atomic mass is 9.97. The van der Waals surface area contributed by atoms with E-state index in [1.165, 1.54) is 23.5 Å². The van der Waals surface area contributed by atoms with Gasteiger partial charge in [-0.25, -0.2) is 9.97 Å². The largest absolute Gasteiger partial charge is 0.497 e. The molecule has 0 saturated carbocycles. The summed E-state index contributed by atoms with van der Waals surface area (Å²) in [5, 5.41) is 17.8. The second-order valence-electron chi connectivity index (χ2n) is 12.0. The van der Waals surface area contributed by atoms with E-state index >= 15 is 0 Å². The Morgan fingerprint density at radius 1 is 0.611 bits per heavy atom. The molecule has 0 fully saturated rings. The third kappa shape index (κ3) is 7.38. The highest BCUT2D eigenvalue weighted by Crippen LogP contribution is 2.38. The minimum atomic E-state index is 0.374. The summed E-state index contributed by atoms with van der Waals surface area (Å²) in [4.78, 5) is 9.67. The fourth-order valence-electron chi connectivity index (χ4n) is 5.85. The van der Waals surface area contributed by atoms with Crippen LogP contribution in [0.3, 0.4) is 0 Å². The lowest BCUT2D eigenvalue weighted by molar-refractivity contribution is 0.414. The van der Waals surface area contributed by atoms with Crippen LogP contribution < -0.4 is 9.47 Å². The van der Waals surface area contributed by atoms with Gasteiger partial charge in [-0.05, 0) is 84.6 Å². The van der Waals surface area contributed by atoms with Gasteiger partial charge in [0.15, 0.2) is 11.2 Å². The molecule has 0 aliphatic carbocycles. The van der Waals surface area contributed by atoms with Gasteiger partial charge in [-0.15, -0.1) is 33.6 Å². The Balaban J connectivity index is 1.05. The van der Waals surface area contributed by atoms with Crippen molar-refractivity contribution in [3.05, 3.63) is 121 Å². The zero-order chi connectivity index (χ0) is 37.0. The molecule has 54 heavy (non-hydrogen) atoms. The third-order valence-corrected chi connectivity index (χ3v) is 9.96. The number of methoxy groups -OCH3 is 2. The van der Waals surface area contributed by atoms with Crippen molar-refractivity contribution in [3.8, 4) is 45.5 Å². The predicted octanol–water partition coefficient (Wildman–Crippen LogP) is 9.79. The lowest BCUT2D eigenvalue weighted by Gasteiger charge is -2.08. The van der Waals surface area contributed by atoms with Crippen LogP contribution in [0.15, 0.2) is 126 Å². The minimum absolute atomic E-state index is 0.374. The van der Waals surface area contributed by atoms with Crippen LogP contribution in [-0.4, -0.2) is 44.6 Å². The lowest BCUT2D eigenvalue weighted by Crippen LogP contribution is -1.89. The first kappa shape index (κ1) is 34.9. The Morgan fingerprint density at radius 2 is 1.19 bits per heavy atom. The summed E-state index contributed by atoms with van der Waals surface area (Å²) in [6.07, 6.45) is 4.95. The van der Waals surface area contributed by atoms with E-state index in [2.05, 4.69) is 45.7 Å². The molecule has 12 nitrogen and oxygen atoms in total. The van der Waals surface area contributed by atoms with Crippen molar-refractivity contribution >= 4 is 45.7 Å². The maximum Gasteiger partial charge on any atom is 0.257 e. The van der Waals surface area contributed by atoms with Crippen molar-refractivity contribution in [2.45, 2.75) is 34.8 Å². The van der Waals surface area contributed by atoms with E-state index in [1.807, 2.05) is 72.8 Å². The average molecular weight is 757 g/mol. The summed E-state index contributed by atoms with van der Waals surface area (Å²) in [7, 11) is 3.23. The number of benzene rings is 4. The molecule has 0 radical (unpaired) electrons. The van der Waals surface area contributed by atoms with E-state index in [0.29, 0.717) is 86.5 Å². The van der Waals surface area contributed by atoms with Gasteiger partial charge in [0.1, 0.15) is 22.5 Å². The van der Waals surface area contributed by atoms with Crippen molar-refractivity contribution in [2.75, 3.05) is 14.2 Å². The van der Waals surface area contributed by atoms with Crippen molar-refractivity contribution in [1.29, 1.82) is 0 Å². The molecule has 14 heteroatoms. The van der Waals surface area contributed by atoms with Gasteiger partial charge >= 0.3 is 0 Å². The van der Waals surface area contributed by atoms with Gasteiger partial charge in [0.25, 0.3) is 10.4 Å². The van der Waals surface area contributed by atoms with E-state index in [0.717, 1.165) is 38.9 Å². The number of hydrogen-bond acceptors (Lipinski definition) is 14. The van der Waals surface area contributed by atoms with Gasteiger partial charge in [0.05, 0.1) is 25.7 Å². The molecule has 8 rings (SSSR count). The molecule has 0 bridgehead atoms. The molecule has 8 aromatic rings. The maximum atomic E-state index is 6.40. The summed E-state index contributed by atoms with van der Waals surface area (Å²) >= 11 is 2.75. The molecule has 4 aromatic carbocycles. The SMILES string of the molecule is C=CCc1cc(-c2cc(CC=C)c3oc(SCc4nnc(-c5cccc(OC)c5)o4)nc3c2)c2oc(SCc3nnc(-c4cccc(OC)c4)o3)nc2c1. The average Bonchev–Trinajstić information content (AvgIpc) is 4.02. The zero-order valence-electron chi connectivity index (χ0n) is 29.3. The van der Waals surface area contributed by atoms with E-state index < -0.39 is 0 Å². The number of ether oxygens (including phenoxy) is 2. The zero-order valence-corrected chi connectivity index (χ0v) is 30.9. The van der Waals surface area contributed by atoms with Crippen molar-refractivity contribution in [3.63, 3.8) is 0 Å². The fourth-order valence-corrected chi connectivity index (χ4v) is 7.19. The Hall–Kier alpha value is -6.12. The minimum Gasteiger partial charge on any atom is -0.497 e. The number of rotatable bonds is 15. The van der Waals surface area contributed by atoms with Crippen LogP contribution in [-0.2, 0) is 24.3 Å². The molecular weight excluding hydrogens is 725 g/mol. The highest BCUT2D eigenvalue weighted by Gasteiger charge is 2.20. The van der Waals surface area contributed by atoms with Crippen molar-refractivity contribution in [1.82, 2.24) is 30.4 Å². The normalized spacial score (nSPS) is 11.4. The quantitative estimate of drug-likeness (QED) is 0.0721. The highest BCUT2D eigenvalue weighted by molar-refractivity contribution is 7.98. The van der Waals surface area contributed by atoms with E-state index in [1.54, 1.807) is 14.2 Å². The van der Waals surface area contributed by atoms with Gasteiger partial charge < -0.3 is 27.1 Å². The molecule has 0 aliphatic heterocycles. The molecule has 0 unspecified atom stereocenters. The van der Waals surface area contributed by atoms with Crippen LogP contribution in [0.25, 0.3) is 56.2 Å². The Kier molecular flexibility index (Phi) is 10.0. The predicted molar refractivity (Wildman–Crippen MR) is 207 cm³/mol. The number of thioether (sulfide) groups is 2. The standard InChI is InChI=1S/C40H32N6O6S2/c1-5-9-23-15-30(36-31(16-23)41-40(52-36)54-22-34-44-46-38(50-34)26-12-8-14-29(19-26)48-4)27-17-24(10-6-2)35-32(20-27)42-39(51-35)53-21-33-43-45-37(49-33)25-11-7-13-28(18-25)47-3/h5-8,11-20H,1-2,9-10,21-22H2,3-4H3. The summed E-state index contributed by atoms with van der Waals surface area (Å²) in [6, 6.07) is 23.2. The molecule has 270 valence electrons. The summed E-state index contributed by atoms with van der Waals surface area (Å²) in [6.45, 7) is 7.93. The van der Waals surface area contributed by atoms with Crippen LogP contribution in [0.4, 0.5) is 0 Å². The fraction of sp³-hybridized carbons (Fsp3) is 0.150. The molecular formula is C40H32N6O6S2. The van der Waals surface area contributed by atoms with Crippen molar-refractivity contribution < 1.29 is 27.1 Å². The van der Waals surface area contributed by atoms with Crippen molar-refractivity contribution in [2.24, 2.45) is 0 Å². The van der Waals surface area contributed by atoms with Crippen LogP contribution in [0.1, 0.15) is 22.9 Å². The van der Waals surface area contributed by atoms with Gasteiger partial charge in [-0.3, -0.25) is 0 Å². The first-order valence-electron chi connectivity index (χ1n) is 16.8. The molecule has 0 spiro atoms. The van der Waals surface area contributed by atoms with E-state index in [9.17, 15) is 0 Å². The van der Waals surface area contributed by atoms with Crippen LogP contribution in [0.2, 0.25) is 0 Å². The molecule has 0 aliphatic rings. The molecule has 0 amide bonds. The highest BCUT2D eigenvalue weighted by atomic mass is 32.2. The van der Waals surface area contributed by atoms with Gasteiger partial charge in [0, 0.05) is 22.3 Å². The number of allylic oxidation sites excluding steroid dienone is 2. The van der Waals surface area contributed by atoms with Gasteiger partial charge in [-0.2, -0.15) is 0 Å². The van der Waals surface area contributed by atoms with Crippen LogP contribution >= 0.6 is 23.5 Å². The first-order chi connectivity index (χ1) is 26.5. The molecule has 0 N–H and O–H groups in total. The molecule has 0 saturated heterocycles. The Bertz CT molecular complexity index is 2620. The number of fused-ring (bicyclic) bond motifs is 2. The van der Waals surface area contributed by atoms with E-state index in [4.69, 9.17) is 37.1 Å². The van der Waals surface area contributed by atoms with Gasteiger partial charge in [0.2, 0.25) is 23.6 Å². The Morgan fingerprint density at radius 3 is 1.76 bits per heavy atom. The topological polar surface area (TPSA) is 148 Å². The molecule has 0 atom stereocenters.